The first-order valence-corrected chi connectivity index (χ1v) is 7.57. The first-order chi connectivity index (χ1) is 11.2. The van der Waals surface area contributed by atoms with E-state index in [1.165, 1.54) is 0 Å². The molecule has 0 saturated heterocycles. The van der Waals surface area contributed by atoms with Gasteiger partial charge in [0.2, 0.25) is 0 Å². The van der Waals surface area contributed by atoms with Gasteiger partial charge in [0.15, 0.2) is 0 Å². The fraction of sp³-hybridized carbons (Fsp3) is 0.111. The maximum atomic E-state index is 9.36. The van der Waals surface area contributed by atoms with E-state index in [2.05, 4.69) is 16.4 Å². The van der Waals surface area contributed by atoms with Gasteiger partial charge < -0.3 is 10.1 Å². The topological polar surface area (TPSA) is 57.9 Å². The Bertz CT molecular complexity index is 889. The molecule has 24 heavy (non-hydrogen) atoms. The maximum Gasteiger partial charge on any atom is 0.119 e. The summed E-state index contributed by atoms with van der Waals surface area (Å²) < 4.78 is 5.43. The van der Waals surface area contributed by atoms with Crippen molar-refractivity contribution < 1.29 is 4.74 Å². The molecule has 1 N–H and O–H groups in total. The fourth-order valence-corrected chi connectivity index (χ4v) is 2.50. The molecule has 0 bridgehead atoms. The zero-order chi connectivity index (χ0) is 16.2. The minimum absolute atomic E-state index is 0. The minimum Gasteiger partial charge on any atom is -0.494 e. The zero-order valence-corrected chi connectivity index (χ0v) is 14.5. The third-order valence-electron chi connectivity index (χ3n) is 3.39. The van der Waals surface area contributed by atoms with Crippen LogP contribution in [0.5, 0.6) is 5.75 Å². The van der Waals surface area contributed by atoms with Crippen LogP contribution in [0, 0.1) is 11.3 Å². The van der Waals surface area contributed by atoms with Crippen LogP contribution in [0.25, 0.3) is 10.9 Å². The number of ether oxygens (including phenoxy) is 1. The number of hydrogen-bond acceptors (Lipinski definition) is 4. The normalized spacial score (nSPS) is 9.88. The number of nitrogens with zero attached hydrogens (tertiary/aromatic N) is 2. The number of anilines is 2. The molecule has 0 atom stereocenters. The second-order valence-corrected chi connectivity index (χ2v) is 5.34. The van der Waals surface area contributed by atoms with Crippen molar-refractivity contribution >= 4 is 46.3 Å². The monoisotopic (exact) mass is 359 g/mol. The van der Waals surface area contributed by atoms with Crippen LogP contribution < -0.4 is 10.1 Å². The molecule has 0 amide bonds. The van der Waals surface area contributed by atoms with Gasteiger partial charge in [-0.15, -0.1) is 12.4 Å². The highest BCUT2D eigenvalue weighted by Gasteiger charge is 2.10. The van der Waals surface area contributed by atoms with E-state index in [4.69, 9.17) is 16.3 Å². The predicted molar refractivity (Wildman–Crippen MR) is 99.6 cm³/mol. The molecule has 4 nitrogen and oxygen atoms in total. The minimum atomic E-state index is 0. The Morgan fingerprint density at radius 2 is 1.96 bits per heavy atom. The van der Waals surface area contributed by atoms with Crippen LogP contribution in [-0.2, 0) is 0 Å². The first-order valence-electron chi connectivity index (χ1n) is 7.19. The van der Waals surface area contributed by atoms with Gasteiger partial charge in [0.1, 0.15) is 11.8 Å². The van der Waals surface area contributed by atoms with Crippen molar-refractivity contribution in [1.29, 1.82) is 5.26 Å². The Balaban J connectivity index is 0.00000208. The number of nitrogens with one attached hydrogen (secondary N) is 1. The van der Waals surface area contributed by atoms with E-state index in [1.54, 1.807) is 12.3 Å². The molecule has 3 rings (SSSR count). The summed E-state index contributed by atoms with van der Waals surface area (Å²) >= 11 is 6.09. The number of fused-ring (bicyclic) bond motifs is 1. The van der Waals surface area contributed by atoms with Gasteiger partial charge in [-0.25, -0.2) is 0 Å². The summed E-state index contributed by atoms with van der Waals surface area (Å²) in [7, 11) is 0. The van der Waals surface area contributed by atoms with E-state index < -0.39 is 0 Å². The number of hydrogen-bond donors (Lipinski definition) is 1. The predicted octanol–water partition coefficient (Wildman–Crippen LogP) is 5.32. The second-order valence-electron chi connectivity index (χ2n) is 4.90. The summed E-state index contributed by atoms with van der Waals surface area (Å²) in [5.41, 5.74) is 2.80. The van der Waals surface area contributed by atoms with Gasteiger partial charge >= 0.3 is 0 Å². The zero-order valence-electron chi connectivity index (χ0n) is 12.9. The molecule has 0 spiro atoms. The number of benzene rings is 2. The highest BCUT2D eigenvalue weighted by molar-refractivity contribution is 6.31. The van der Waals surface area contributed by atoms with E-state index in [0.717, 1.165) is 22.3 Å². The summed E-state index contributed by atoms with van der Waals surface area (Å²) in [4.78, 5) is 4.29. The average Bonchev–Trinajstić information content (AvgIpc) is 2.57. The summed E-state index contributed by atoms with van der Waals surface area (Å²) in [5.74, 6) is 0.807. The lowest BCUT2D eigenvalue weighted by Crippen LogP contribution is -1.97. The van der Waals surface area contributed by atoms with Crippen molar-refractivity contribution in [3.63, 3.8) is 0 Å². The van der Waals surface area contributed by atoms with E-state index in [9.17, 15) is 5.26 Å². The van der Waals surface area contributed by atoms with Crippen molar-refractivity contribution in [2.75, 3.05) is 11.9 Å². The lowest BCUT2D eigenvalue weighted by atomic mass is 10.1. The SMILES string of the molecule is CCOc1ccc(Nc2c(C#N)cnc3ccc(Cl)cc23)cc1.Cl. The lowest BCUT2D eigenvalue weighted by Gasteiger charge is -2.12. The molecule has 0 radical (unpaired) electrons. The Morgan fingerprint density at radius 1 is 1.21 bits per heavy atom. The summed E-state index contributed by atoms with van der Waals surface area (Å²) in [6.45, 7) is 2.57. The molecule has 1 aromatic heterocycles. The Labute approximate surface area is 151 Å². The molecule has 6 heteroatoms. The van der Waals surface area contributed by atoms with Crippen LogP contribution in [0.3, 0.4) is 0 Å². The smallest absolute Gasteiger partial charge is 0.119 e. The number of nitriles is 1. The second kappa shape index (κ2) is 7.87. The quantitative estimate of drug-likeness (QED) is 0.684. The molecule has 0 aliphatic heterocycles. The van der Waals surface area contributed by atoms with E-state index in [-0.39, 0.29) is 12.4 Å². The van der Waals surface area contributed by atoms with Crippen LogP contribution in [0.1, 0.15) is 12.5 Å². The fourth-order valence-electron chi connectivity index (χ4n) is 2.33. The van der Waals surface area contributed by atoms with E-state index in [0.29, 0.717) is 22.9 Å². The highest BCUT2D eigenvalue weighted by Crippen LogP contribution is 2.31. The highest BCUT2D eigenvalue weighted by atomic mass is 35.5. The molecule has 0 fully saturated rings. The summed E-state index contributed by atoms with van der Waals surface area (Å²) in [6, 6.07) is 15.2. The Hall–Kier alpha value is -2.48. The van der Waals surface area contributed by atoms with Crippen LogP contribution >= 0.6 is 24.0 Å². The third-order valence-corrected chi connectivity index (χ3v) is 3.62. The number of pyridine rings is 1. The molecule has 0 aliphatic rings. The van der Waals surface area contributed by atoms with Gasteiger partial charge in [0.25, 0.3) is 0 Å². The first kappa shape index (κ1) is 17.9. The van der Waals surface area contributed by atoms with Gasteiger partial charge in [-0.2, -0.15) is 5.26 Å². The number of halogens is 2. The van der Waals surface area contributed by atoms with Gasteiger partial charge in [0.05, 0.1) is 23.4 Å². The number of aromatic nitrogens is 1. The van der Waals surface area contributed by atoms with Crippen molar-refractivity contribution in [2.45, 2.75) is 6.92 Å². The van der Waals surface area contributed by atoms with E-state index >= 15 is 0 Å². The van der Waals surface area contributed by atoms with Crippen molar-refractivity contribution in [3.8, 4) is 11.8 Å². The standard InChI is InChI=1S/C18H14ClN3O.ClH/c1-2-23-15-6-4-14(5-7-15)22-18-12(10-20)11-21-17-8-3-13(19)9-16(17)18;/h3-9,11H,2H2,1H3,(H,21,22);1H. The molecule has 0 aliphatic carbocycles. The van der Waals surface area contributed by atoms with Gasteiger partial charge in [0, 0.05) is 22.3 Å². The summed E-state index contributed by atoms with van der Waals surface area (Å²) in [5, 5.41) is 14.1. The molecule has 122 valence electrons. The van der Waals surface area contributed by atoms with Crippen LogP contribution in [0.4, 0.5) is 11.4 Å². The largest absolute Gasteiger partial charge is 0.494 e. The molecular formula is C18H15Cl2N3O. The maximum absolute atomic E-state index is 9.36. The molecule has 3 aromatic rings. The Morgan fingerprint density at radius 3 is 2.62 bits per heavy atom. The van der Waals surface area contributed by atoms with Crippen molar-refractivity contribution in [1.82, 2.24) is 4.98 Å². The molecule has 0 saturated carbocycles. The average molecular weight is 360 g/mol. The van der Waals surface area contributed by atoms with E-state index in [1.807, 2.05) is 43.3 Å². The van der Waals surface area contributed by atoms with Gasteiger partial charge in [-0.05, 0) is 49.4 Å². The molecule has 1 heterocycles. The molecule has 2 aromatic carbocycles. The van der Waals surface area contributed by atoms with Crippen LogP contribution in [0.15, 0.2) is 48.7 Å². The van der Waals surface area contributed by atoms with Crippen LogP contribution in [0.2, 0.25) is 5.02 Å². The Kier molecular flexibility index (Phi) is 5.86. The van der Waals surface area contributed by atoms with Crippen molar-refractivity contribution in [3.05, 3.63) is 59.2 Å². The van der Waals surface area contributed by atoms with Crippen molar-refractivity contribution in [2.24, 2.45) is 0 Å². The summed E-state index contributed by atoms with van der Waals surface area (Å²) in [6.07, 6.45) is 1.56. The molecular weight excluding hydrogens is 345 g/mol. The third kappa shape index (κ3) is 3.70. The van der Waals surface area contributed by atoms with Gasteiger partial charge in [-0.3, -0.25) is 4.98 Å². The number of rotatable bonds is 4. The molecule has 0 unspecified atom stereocenters. The van der Waals surface area contributed by atoms with Gasteiger partial charge in [-0.1, -0.05) is 11.6 Å². The van der Waals surface area contributed by atoms with Crippen LogP contribution in [-0.4, -0.2) is 11.6 Å². The lowest BCUT2D eigenvalue weighted by molar-refractivity contribution is 0.340.